The van der Waals surface area contributed by atoms with Crippen LogP contribution in [-0.2, 0) is 0 Å². The Labute approximate surface area is 90.3 Å². The molecule has 0 aliphatic carbocycles. The molecule has 0 fully saturated rings. The summed E-state index contributed by atoms with van der Waals surface area (Å²) in [7, 11) is 0. The Balaban J connectivity index is 3.17. The first kappa shape index (κ1) is 11.1. The Bertz CT molecular complexity index is 352. The lowest BCUT2D eigenvalue weighted by atomic mass is 10.2. The van der Waals surface area contributed by atoms with Crippen molar-refractivity contribution in [3.63, 3.8) is 0 Å². The molecule has 3 nitrogen and oxygen atoms in total. The minimum Gasteiger partial charge on any atom is -0.308 e. The molecule has 0 unspecified atom stereocenters. The molecule has 0 amide bonds. The molecular formula is C9H11BrFN3. The number of hydrogen-bond acceptors (Lipinski definition) is 2. The van der Waals surface area contributed by atoms with E-state index >= 15 is 0 Å². The van der Waals surface area contributed by atoms with Gasteiger partial charge in [-0.2, -0.15) is 0 Å². The maximum absolute atomic E-state index is 13.1. The summed E-state index contributed by atoms with van der Waals surface area (Å²) in [6.07, 6.45) is 0. The number of aliphatic imine (C=N–C) groups is 1. The van der Waals surface area contributed by atoms with Gasteiger partial charge in [0.2, 0.25) is 0 Å². The van der Waals surface area contributed by atoms with E-state index in [4.69, 9.17) is 5.84 Å². The van der Waals surface area contributed by atoms with Crippen LogP contribution in [0.3, 0.4) is 0 Å². The Morgan fingerprint density at radius 3 is 2.93 bits per heavy atom. The standard InChI is InChI=1S/C9H11BrFN3/c1-2-13-9(14-12)6-4-3-5-7(11)8(6)10/h3-5H,2,12H2,1H3,(H,13,14). The number of rotatable bonds is 2. The second-order valence-electron chi connectivity index (χ2n) is 2.57. The maximum atomic E-state index is 13.1. The zero-order chi connectivity index (χ0) is 10.6. The third-order valence-corrected chi connectivity index (χ3v) is 2.47. The predicted octanol–water partition coefficient (Wildman–Crippen LogP) is 1.82. The number of nitrogens with two attached hydrogens (primary N) is 1. The molecule has 0 aliphatic rings. The van der Waals surface area contributed by atoms with Gasteiger partial charge in [0.25, 0.3) is 0 Å². The smallest absolute Gasteiger partial charge is 0.143 e. The van der Waals surface area contributed by atoms with E-state index < -0.39 is 0 Å². The topological polar surface area (TPSA) is 50.4 Å². The largest absolute Gasteiger partial charge is 0.308 e. The molecule has 0 aliphatic heterocycles. The average Bonchev–Trinajstić information content (AvgIpc) is 2.19. The maximum Gasteiger partial charge on any atom is 0.143 e. The van der Waals surface area contributed by atoms with Crippen molar-refractivity contribution in [3.05, 3.63) is 34.1 Å². The Hall–Kier alpha value is -0.940. The lowest BCUT2D eigenvalue weighted by Crippen LogP contribution is -2.31. The average molecular weight is 260 g/mol. The zero-order valence-electron chi connectivity index (χ0n) is 7.72. The number of benzene rings is 1. The molecule has 1 aromatic rings. The zero-order valence-corrected chi connectivity index (χ0v) is 9.31. The first-order chi connectivity index (χ1) is 6.70. The van der Waals surface area contributed by atoms with Crippen molar-refractivity contribution in [1.29, 1.82) is 0 Å². The van der Waals surface area contributed by atoms with E-state index in [1.165, 1.54) is 6.07 Å². The predicted molar refractivity (Wildman–Crippen MR) is 58.5 cm³/mol. The fourth-order valence-electron chi connectivity index (χ4n) is 1.05. The number of nitrogens with one attached hydrogen (secondary N) is 1. The normalized spacial score (nSPS) is 11.6. The molecule has 76 valence electrons. The molecule has 1 rings (SSSR count). The van der Waals surface area contributed by atoms with Gasteiger partial charge in [-0.3, -0.25) is 4.99 Å². The van der Waals surface area contributed by atoms with Gasteiger partial charge in [0.1, 0.15) is 11.7 Å². The van der Waals surface area contributed by atoms with Crippen LogP contribution in [0, 0.1) is 5.82 Å². The lowest BCUT2D eigenvalue weighted by molar-refractivity contribution is 0.620. The molecule has 0 radical (unpaired) electrons. The van der Waals surface area contributed by atoms with E-state index in [-0.39, 0.29) is 5.82 Å². The third-order valence-electron chi connectivity index (χ3n) is 1.66. The monoisotopic (exact) mass is 259 g/mol. The molecule has 0 aromatic heterocycles. The summed E-state index contributed by atoms with van der Waals surface area (Å²) >= 11 is 3.14. The van der Waals surface area contributed by atoms with Crippen LogP contribution >= 0.6 is 15.9 Å². The molecule has 14 heavy (non-hydrogen) atoms. The van der Waals surface area contributed by atoms with Crippen LogP contribution < -0.4 is 11.3 Å². The first-order valence-corrected chi connectivity index (χ1v) is 4.95. The van der Waals surface area contributed by atoms with Gasteiger partial charge in [0.05, 0.1) is 4.47 Å². The Morgan fingerprint density at radius 2 is 2.36 bits per heavy atom. The number of amidine groups is 1. The highest BCUT2D eigenvalue weighted by molar-refractivity contribution is 9.10. The molecule has 5 heteroatoms. The number of hydrogen-bond donors (Lipinski definition) is 2. The summed E-state index contributed by atoms with van der Waals surface area (Å²) in [6, 6.07) is 4.72. The molecule has 3 N–H and O–H groups in total. The van der Waals surface area contributed by atoms with Crippen molar-refractivity contribution in [1.82, 2.24) is 5.43 Å². The fourth-order valence-corrected chi connectivity index (χ4v) is 1.51. The van der Waals surface area contributed by atoms with Crippen LogP contribution in [0.1, 0.15) is 12.5 Å². The molecular weight excluding hydrogens is 249 g/mol. The second kappa shape index (κ2) is 5.07. The summed E-state index contributed by atoms with van der Waals surface area (Å²) in [6.45, 7) is 2.47. The summed E-state index contributed by atoms with van der Waals surface area (Å²) in [5, 5.41) is 0. The molecule has 0 heterocycles. The minimum atomic E-state index is -0.332. The number of hydrazine groups is 1. The van der Waals surface area contributed by atoms with Gasteiger partial charge < -0.3 is 5.43 Å². The van der Waals surface area contributed by atoms with E-state index in [0.717, 1.165) is 0 Å². The van der Waals surface area contributed by atoms with Crippen molar-refractivity contribution in [3.8, 4) is 0 Å². The quantitative estimate of drug-likeness (QED) is 0.369. The molecule has 0 saturated carbocycles. The summed E-state index contributed by atoms with van der Waals surface area (Å²) in [5.41, 5.74) is 3.06. The molecule has 0 atom stereocenters. The second-order valence-corrected chi connectivity index (χ2v) is 3.36. The van der Waals surface area contributed by atoms with Gasteiger partial charge in [-0.1, -0.05) is 6.07 Å². The SMILES string of the molecule is CCN=C(NN)c1cccc(F)c1Br. The van der Waals surface area contributed by atoms with E-state index in [2.05, 4.69) is 26.3 Å². The first-order valence-electron chi connectivity index (χ1n) is 4.16. The molecule has 0 spiro atoms. The summed E-state index contributed by atoms with van der Waals surface area (Å²) in [5.74, 6) is 5.43. The highest BCUT2D eigenvalue weighted by atomic mass is 79.9. The van der Waals surface area contributed by atoms with Crippen molar-refractivity contribution >= 4 is 21.8 Å². The minimum absolute atomic E-state index is 0.332. The van der Waals surface area contributed by atoms with Gasteiger partial charge >= 0.3 is 0 Å². The summed E-state index contributed by atoms with van der Waals surface area (Å²) in [4.78, 5) is 4.10. The van der Waals surface area contributed by atoms with E-state index in [1.807, 2.05) is 6.92 Å². The van der Waals surface area contributed by atoms with Crippen molar-refractivity contribution < 1.29 is 4.39 Å². The lowest BCUT2D eigenvalue weighted by Gasteiger charge is -2.07. The van der Waals surface area contributed by atoms with Crippen LogP contribution in [0.4, 0.5) is 4.39 Å². The van der Waals surface area contributed by atoms with Crippen LogP contribution in [-0.4, -0.2) is 12.4 Å². The number of halogens is 2. The summed E-state index contributed by atoms with van der Waals surface area (Å²) < 4.78 is 13.5. The Morgan fingerprint density at radius 1 is 1.64 bits per heavy atom. The van der Waals surface area contributed by atoms with Crippen molar-refractivity contribution in [2.24, 2.45) is 10.8 Å². The van der Waals surface area contributed by atoms with Crippen LogP contribution in [0.2, 0.25) is 0 Å². The Kier molecular flexibility index (Phi) is 4.03. The molecule has 0 bridgehead atoms. The number of nitrogens with zero attached hydrogens (tertiary/aromatic N) is 1. The van der Waals surface area contributed by atoms with Gasteiger partial charge in [-0.25, -0.2) is 10.2 Å². The van der Waals surface area contributed by atoms with Gasteiger partial charge in [0, 0.05) is 12.1 Å². The molecule has 0 saturated heterocycles. The van der Waals surface area contributed by atoms with E-state index in [1.54, 1.807) is 12.1 Å². The van der Waals surface area contributed by atoms with E-state index in [9.17, 15) is 4.39 Å². The third kappa shape index (κ3) is 2.30. The highest BCUT2D eigenvalue weighted by Gasteiger charge is 2.09. The van der Waals surface area contributed by atoms with E-state index in [0.29, 0.717) is 22.4 Å². The van der Waals surface area contributed by atoms with Crippen LogP contribution in [0.15, 0.2) is 27.7 Å². The van der Waals surface area contributed by atoms with Crippen molar-refractivity contribution in [2.75, 3.05) is 6.54 Å². The van der Waals surface area contributed by atoms with Crippen LogP contribution in [0.5, 0.6) is 0 Å². The molecule has 1 aromatic carbocycles. The highest BCUT2D eigenvalue weighted by Crippen LogP contribution is 2.20. The van der Waals surface area contributed by atoms with Gasteiger partial charge in [0.15, 0.2) is 0 Å². The van der Waals surface area contributed by atoms with Gasteiger partial charge in [-0.05, 0) is 35.0 Å². The fraction of sp³-hybridized carbons (Fsp3) is 0.222. The van der Waals surface area contributed by atoms with Crippen molar-refractivity contribution in [2.45, 2.75) is 6.92 Å². The van der Waals surface area contributed by atoms with Gasteiger partial charge in [-0.15, -0.1) is 0 Å². The van der Waals surface area contributed by atoms with Crippen LogP contribution in [0.25, 0.3) is 0 Å².